The number of hydrogen-bond acceptors (Lipinski definition) is 4. The molecule has 5 heteroatoms. The summed E-state index contributed by atoms with van der Waals surface area (Å²) in [7, 11) is 0. The molecule has 14 heavy (non-hydrogen) atoms. The number of rotatable bonds is 3. The van der Waals surface area contributed by atoms with Gasteiger partial charge in [0.2, 0.25) is 5.91 Å². The quantitative estimate of drug-likeness (QED) is 0.581. The molecule has 1 amide bonds. The Morgan fingerprint density at radius 3 is 2.71 bits per heavy atom. The Kier molecular flexibility index (Phi) is 3.86. The Hall–Kier alpha value is -0.650. The standard InChI is InChI=1S/C9H18N2O3/c1-6(2)3-8-9(13)10-7(5-12)4-11(8)14/h6-8,12,14H,3-5H2,1-2H3,(H,10,13). The predicted octanol–water partition coefficient (Wildman–Crippen LogP) is -0.417. The van der Waals surface area contributed by atoms with Gasteiger partial charge in [-0.1, -0.05) is 13.8 Å². The van der Waals surface area contributed by atoms with E-state index in [1.807, 2.05) is 13.8 Å². The van der Waals surface area contributed by atoms with Crippen LogP contribution in [0.2, 0.25) is 0 Å². The number of nitrogens with one attached hydrogen (secondary N) is 1. The third-order valence-electron chi connectivity index (χ3n) is 2.33. The van der Waals surface area contributed by atoms with Crippen molar-refractivity contribution in [1.29, 1.82) is 0 Å². The highest BCUT2D eigenvalue weighted by molar-refractivity contribution is 5.82. The number of hydroxylamine groups is 2. The normalized spacial score (nSPS) is 29.4. The first-order valence-corrected chi connectivity index (χ1v) is 4.91. The minimum atomic E-state index is -0.474. The molecule has 1 aliphatic rings. The van der Waals surface area contributed by atoms with Crippen LogP contribution in [0, 0.1) is 5.92 Å². The minimum absolute atomic E-state index is 0.142. The Balaban J connectivity index is 2.56. The van der Waals surface area contributed by atoms with E-state index in [0.29, 0.717) is 18.9 Å². The first-order chi connectivity index (χ1) is 6.54. The molecule has 1 rings (SSSR count). The molecule has 0 radical (unpaired) electrons. The molecule has 82 valence electrons. The number of hydrogen-bond donors (Lipinski definition) is 3. The second-order valence-electron chi connectivity index (χ2n) is 4.16. The topological polar surface area (TPSA) is 72.8 Å². The van der Waals surface area contributed by atoms with Crippen molar-refractivity contribution in [3.05, 3.63) is 0 Å². The lowest BCUT2D eigenvalue weighted by Gasteiger charge is -2.35. The highest BCUT2D eigenvalue weighted by atomic mass is 16.5. The summed E-state index contributed by atoms with van der Waals surface area (Å²) in [6.07, 6.45) is 0.625. The molecule has 0 aromatic heterocycles. The van der Waals surface area contributed by atoms with Crippen LogP contribution in [-0.4, -0.2) is 46.5 Å². The molecule has 0 aromatic rings. The van der Waals surface area contributed by atoms with Gasteiger partial charge in [-0.15, -0.1) is 0 Å². The Morgan fingerprint density at radius 2 is 2.29 bits per heavy atom. The van der Waals surface area contributed by atoms with Gasteiger partial charge >= 0.3 is 0 Å². The van der Waals surface area contributed by atoms with E-state index in [2.05, 4.69) is 5.32 Å². The zero-order valence-electron chi connectivity index (χ0n) is 8.60. The summed E-state index contributed by atoms with van der Waals surface area (Å²) < 4.78 is 0. The molecular formula is C9H18N2O3. The molecule has 0 aliphatic carbocycles. The van der Waals surface area contributed by atoms with E-state index < -0.39 is 6.04 Å². The van der Waals surface area contributed by atoms with Crippen molar-refractivity contribution in [2.45, 2.75) is 32.4 Å². The van der Waals surface area contributed by atoms with Crippen molar-refractivity contribution < 1.29 is 15.1 Å². The van der Waals surface area contributed by atoms with Gasteiger partial charge in [-0.2, -0.15) is 5.06 Å². The second-order valence-corrected chi connectivity index (χ2v) is 4.16. The van der Waals surface area contributed by atoms with Gasteiger partial charge in [0.25, 0.3) is 0 Å². The van der Waals surface area contributed by atoms with Gasteiger partial charge < -0.3 is 15.6 Å². The second kappa shape index (κ2) is 4.72. The van der Waals surface area contributed by atoms with Gasteiger partial charge in [-0.25, -0.2) is 0 Å². The van der Waals surface area contributed by atoms with E-state index in [0.717, 1.165) is 5.06 Å². The Labute approximate surface area is 83.7 Å². The summed E-state index contributed by atoms with van der Waals surface area (Å²) >= 11 is 0. The number of piperazine rings is 1. The number of nitrogens with zero attached hydrogens (tertiary/aromatic N) is 1. The van der Waals surface area contributed by atoms with Crippen molar-refractivity contribution in [2.24, 2.45) is 5.92 Å². The summed E-state index contributed by atoms with van der Waals surface area (Å²) in [6.45, 7) is 4.15. The Morgan fingerprint density at radius 1 is 1.64 bits per heavy atom. The first-order valence-electron chi connectivity index (χ1n) is 4.91. The molecule has 5 nitrogen and oxygen atoms in total. The minimum Gasteiger partial charge on any atom is -0.394 e. The van der Waals surface area contributed by atoms with Gasteiger partial charge in [0.1, 0.15) is 6.04 Å². The van der Waals surface area contributed by atoms with Crippen LogP contribution in [-0.2, 0) is 4.79 Å². The molecule has 1 saturated heterocycles. The molecular weight excluding hydrogens is 184 g/mol. The van der Waals surface area contributed by atoms with E-state index in [-0.39, 0.29) is 18.6 Å². The summed E-state index contributed by atoms with van der Waals surface area (Å²) in [5.74, 6) is 0.151. The lowest BCUT2D eigenvalue weighted by molar-refractivity contribution is -0.173. The molecule has 0 bridgehead atoms. The third-order valence-corrected chi connectivity index (χ3v) is 2.33. The molecule has 0 saturated carbocycles. The molecule has 1 aliphatic heterocycles. The first kappa shape index (κ1) is 11.4. The zero-order chi connectivity index (χ0) is 10.7. The van der Waals surface area contributed by atoms with Crippen LogP contribution >= 0.6 is 0 Å². The maximum absolute atomic E-state index is 11.5. The fourth-order valence-electron chi connectivity index (χ4n) is 1.61. The molecule has 1 fully saturated rings. The molecule has 0 spiro atoms. The number of carbonyl (C=O) groups is 1. The summed E-state index contributed by atoms with van der Waals surface area (Å²) in [5, 5.41) is 22.1. The van der Waals surface area contributed by atoms with Crippen LogP contribution in [0.25, 0.3) is 0 Å². The maximum atomic E-state index is 11.5. The van der Waals surface area contributed by atoms with Gasteiger partial charge in [0.05, 0.1) is 12.6 Å². The zero-order valence-corrected chi connectivity index (χ0v) is 8.60. The van der Waals surface area contributed by atoms with Gasteiger partial charge in [-0.05, 0) is 12.3 Å². The smallest absolute Gasteiger partial charge is 0.240 e. The third kappa shape index (κ3) is 2.67. The molecule has 0 aromatic carbocycles. The molecule has 1 heterocycles. The van der Waals surface area contributed by atoms with E-state index in [1.54, 1.807) is 0 Å². The molecule has 3 N–H and O–H groups in total. The molecule has 2 unspecified atom stereocenters. The van der Waals surface area contributed by atoms with Crippen LogP contribution in [0.4, 0.5) is 0 Å². The summed E-state index contributed by atoms with van der Waals surface area (Å²) in [5.41, 5.74) is 0. The van der Waals surface area contributed by atoms with Crippen LogP contribution in [0.5, 0.6) is 0 Å². The van der Waals surface area contributed by atoms with E-state index in [4.69, 9.17) is 5.11 Å². The number of carbonyl (C=O) groups excluding carboxylic acids is 1. The van der Waals surface area contributed by atoms with Crippen LogP contribution in [0.1, 0.15) is 20.3 Å². The average molecular weight is 202 g/mol. The highest BCUT2D eigenvalue weighted by Crippen LogP contribution is 2.14. The SMILES string of the molecule is CC(C)CC1C(=O)NC(CO)CN1O. The van der Waals surface area contributed by atoms with Crippen molar-refractivity contribution in [3.63, 3.8) is 0 Å². The fourth-order valence-corrected chi connectivity index (χ4v) is 1.61. The van der Waals surface area contributed by atoms with Gasteiger partial charge in [0, 0.05) is 6.54 Å². The van der Waals surface area contributed by atoms with Crippen molar-refractivity contribution in [2.75, 3.05) is 13.2 Å². The number of aliphatic hydroxyl groups excluding tert-OH is 1. The maximum Gasteiger partial charge on any atom is 0.240 e. The molecule has 2 atom stereocenters. The summed E-state index contributed by atoms with van der Waals surface area (Å²) in [6, 6.07) is -0.825. The lowest BCUT2D eigenvalue weighted by Crippen LogP contribution is -2.60. The number of aliphatic hydroxyl groups is 1. The van der Waals surface area contributed by atoms with E-state index in [9.17, 15) is 10.0 Å². The van der Waals surface area contributed by atoms with Crippen molar-refractivity contribution >= 4 is 5.91 Å². The average Bonchev–Trinajstić information content (AvgIpc) is 2.10. The van der Waals surface area contributed by atoms with Gasteiger partial charge in [-0.3, -0.25) is 4.79 Å². The van der Waals surface area contributed by atoms with Crippen LogP contribution in [0.15, 0.2) is 0 Å². The van der Waals surface area contributed by atoms with E-state index in [1.165, 1.54) is 0 Å². The van der Waals surface area contributed by atoms with Crippen LogP contribution < -0.4 is 5.32 Å². The fraction of sp³-hybridized carbons (Fsp3) is 0.889. The summed E-state index contributed by atoms with van der Waals surface area (Å²) in [4.78, 5) is 11.5. The monoisotopic (exact) mass is 202 g/mol. The largest absolute Gasteiger partial charge is 0.394 e. The predicted molar refractivity (Wildman–Crippen MR) is 50.8 cm³/mol. The van der Waals surface area contributed by atoms with Crippen molar-refractivity contribution in [1.82, 2.24) is 10.4 Å². The lowest BCUT2D eigenvalue weighted by atomic mass is 10.0. The highest BCUT2D eigenvalue weighted by Gasteiger charge is 2.33. The number of amides is 1. The van der Waals surface area contributed by atoms with E-state index >= 15 is 0 Å². The van der Waals surface area contributed by atoms with Gasteiger partial charge in [0.15, 0.2) is 0 Å². The Bertz CT molecular complexity index is 208. The van der Waals surface area contributed by atoms with Crippen molar-refractivity contribution in [3.8, 4) is 0 Å². The van der Waals surface area contributed by atoms with Crippen LogP contribution in [0.3, 0.4) is 0 Å².